The predicted molar refractivity (Wildman–Crippen MR) is 79.2 cm³/mol. The lowest BCUT2D eigenvalue weighted by molar-refractivity contribution is -0.274. The standard InChI is InChI=1S/C16H11ClF3NO/c17-14-3-1-2-12-8-9-21(15(12)14)10-11-4-6-13(7-5-11)22-16(18,19)20/h1-9H,10H2. The largest absolute Gasteiger partial charge is 0.573 e. The van der Waals surface area contributed by atoms with Crippen molar-refractivity contribution in [2.24, 2.45) is 0 Å². The van der Waals surface area contributed by atoms with E-state index in [0.717, 1.165) is 16.5 Å². The van der Waals surface area contributed by atoms with Crippen LogP contribution in [0.25, 0.3) is 10.9 Å². The van der Waals surface area contributed by atoms with Gasteiger partial charge in [-0.1, -0.05) is 35.9 Å². The van der Waals surface area contributed by atoms with Gasteiger partial charge in [0, 0.05) is 18.1 Å². The van der Waals surface area contributed by atoms with E-state index in [4.69, 9.17) is 11.6 Å². The van der Waals surface area contributed by atoms with Crippen molar-refractivity contribution in [2.45, 2.75) is 12.9 Å². The van der Waals surface area contributed by atoms with E-state index < -0.39 is 6.36 Å². The van der Waals surface area contributed by atoms with Crippen molar-refractivity contribution < 1.29 is 17.9 Å². The van der Waals surface area contributed by atoms with Crippen LogP contribution in [0.5, 0.6) is 5.75 Å². The Kier molecular flexibility index (Phi) is 3.74. The van der Waals surface area contributed by atoms with Gasteiger partial charge in [0.25, 0.3) is 0 Å². The number of halogens is 4. The van der Waals surface area contributed by atoms with E-state index in [0.29, 0.717) is 11.6 Å². The van der Waals surface area contributed by atoms with Crippen LogP contribution in [0.3, 0.4) is 0 Å². The van der Waals surface area contributed by atoms with Gasteiger partial charge < -0.3 is 9.30 Å². The van der Waals surface area contributed by atoms with Gasteiger partial charge in [0.2, 0.25) is 0 Å². The molecule has 0 fully saturated rings. The number of hydrogen-bond acceptors (Lipinski definition) is 1. The van der Waals surface area contributed by atoms with Gasteiger partial charge in [0.15, 0.2) is 0 Å². The smallest absolute Gasteiger partial charge is 0.406 e. The van der Waals surface area contributed by atoms with Crippen LogP contribution in [0.4, 0.5) is 13.2 Å². The van der Waals surface area contributed by atoms with Crippen molar-refractivity contribution in [3.05, 3.63) is 65.3 Å². The van der Waals surface area contributed by atoms with Gasteiger partial charge in [-0.15, -0.1) is 13.2 Å². The van der Waals surface area contributed by atoms with Crippen molar-refractivity contribution in [3.63, 3.8) is 0 Å². The maximum Gasteiger partial charge on any atom is 0.573 e. The summed E-state index contributed by atoms with van der Waals surface area (Å²) in [6.45, 7) is 0.513. The minimum atomic E-state index is -4.67. The van der Waals surface area contributed by atoms with Crippen LogP contribution in [0.1, 0.15) is 5.56 Å². The van der Waals surface area contributed by atoms with Crippen molar-refractivity contribution >= 4 is 22.5 Å². The second-order valence-electron chi connectivity index (χ2n) is 4.81. The Balaban J connectivity index is 1.83. The van der Waals surface area contributed by atoms with E-state index in [1.165, 1.54) is 12.1 Å². The normalized spacial score (nSPS) is 11.8. The van der Waals surface area contributed by atoms with Gasteiger partial charge in [-0.3, -0.25) is 0 Å². The van der Waals surface area contributed by atoms with Crippen LogP contribution in [-0.2, 0) is 6.54 Å². The molecule has 6 heteroatoms. The molecule has 0 amide bonds. The first kappa shape index (κ1) is 14.8. The zero-order valence-corrected chi connectivity index (χ0v) is 12.0. The van der Waals surface area contributed by atoms with E-state index in [9.17, 15) is 13.2 Å². The van der Waals surface area contributed by atoms with Crippen LogP contribution in [0.15, 0.2) is 54.7 Å². The first-order chi connectivity index (χ1) is 10.4. The van der Waals surface area contributed by atoms with Crippen LogP contribution in [-0.4, -0.2) is 10.9 Å². The fourth-order valence-electron chi connectivity index (χ4n) is 2.34. The lowest BCUT2D eigenvalue weighted by Crippen LogP contribution is -2.17. The number of benzene rings is 2. The summed E-state index contributed by atoms with van der Waals surface area (Å²) in [5, 5.41) is 1.66. The van der Waals surface area contributed by atoms with E-state index in [2.05, 4.69) is 4.74 Å². The van der Waals surface area contributed by atoms with Gasteiger partial charge in [-0.25, -0.2) is 0 Å². The SMILES string of the molecule is FC(F)(F)Oc1ccc(Cn2ccc3cccc(Cl)c32)cc1. The average molecular weight is 326 g/mol. The minimum absolute atomic E-state index is 0.230. The molecule has 1 aromatic heterocycles. The molecule has 0 aliphatic carbocycles. The first-order valence-electron chi connectivity index (χ1n) is 6.50. The Hall–Kier alpha value is -2.14. The monoisotopic (exact) mass is 325 g/mol. The number of nitrogens with zero attached hydrogens (tertiary/aromatic N) is 1. The molecule has 3 aromatic rings. The highest BCUT2D eigenvalue weighted by atomic mass is 35.5. The molecule has 0 spiro atoms. The molecule has 0 N–H and O–H groups in total. The summed E-state index contributed by atoms with van der Waals surface area (Å²) in [5.41, 5.74) is 1.76. The quantitative estimate of drug-likeness (QED) is 0.642. The molecule has 0 atom stereocenters. The summed E-state index contributed by atoms with van der Waals surface area (Å²) < 4.78 is 42.2. The summed E-state index contributed by atoms with van der Waals surface area (Å²) in [7, 11) is 0. The highest BCUT2D eigenvalue weighted by Crippen LogP contribution is 2.26. The molecule has 22 heavy (non-hydrogen) atoms. The van der Waals surface area contributed by atoms with E-state index >= 15 is 0 Å². The Morgan fingerprint density at radius 3 is 2.41 bits per heavy atom. The molecule has 0 aliphatic heterocycles. The molecule has 0 saturated carbocycles. The van der Waals surface area contributed by atoms with E-state index in [-0.39, 0.29) is 5.75 Å². The fraction of sp³-hybridized carbons (Fsp3) is 0.125. The van der Waals surface area contributed by atoms with Crippen molar-refractivity contribution in [3.8, 4) is 5.75 Å². The molecule has 0 aliphatic rings. The highest BCUT2D eigenvalue weighted by Gasteiger charge is 2.30. The molecule has 3 rings (SSSR count). The lowest BCUT2D eigenvalue weighted by Gasteiger charge is -2.10. The van der Waals surface area contributed by atoms with Gasteiger partial charge in [0.05, 0.1) is 10.5 Å². The summed E-state index contributed by atoms with van der Waals surface area (Å²) in [5.74, 6) is -0.230. The number of rotatable bonds is 3. The van der Waals surface area contributed by atoms with Crippen LogP contribution < -0.4 is 4.74 Å². The Morgan fingerprint density at radius 1 is 1.00 bits per heavy atom. The molecule has 0 unspecified atom stereocenters. The van der Waals surface area contributed by atoms with E-state index in [1.54, 1.807) is 18.2 Å². The number of aromatic nitrogens is 1. The number of para-hydroxylation sites is 1. The lowest BCUT2D eigenvalue weighted by atomic mass is 10.2. The zero-order chi connectivity index (χ0) is 15.7. The predicted octanol–water partition coefficient (Wildman–Crippen LogP) is 5.24. The van der Waals surface area contributed by atoms with E-state index in [1.807, 2.05) is 29.0 Å². The van der Waals surface area contributed by atoms with Gasteiger partial charge >= 0.3 is 6.36 Å². The molecule has 2 nitrogen and oxygen atoms in total. The molecule has 0 bridgehead atoms. The van der Waals surface area contributed by atoms with Crippen LogP contribution >= 0.6 is 11.6 Å². The maximum atomic E-state index is 12.1. The van der Waals surface area contributed by atoms with Crippen molar-refractivity contribution in [1.82, 2.24) is 4.57 Å². The summed E-state index contributed by atoms with van der Waals surface area (Å²) in [6.07, 6.45) is -2.78. The van der Waals surface area contributed by atoms with Crippen LogP contribution in [0.2, 0.25) is 5.02 Å². The third-order valence-electron chi connectivity index (χ3n) is 3.25. The molecule has 114 valence electrons. The fourth-order valence-corrected chi connectivity index (χ4v) is 2.63. The highest BCUT2D eigenvalue weighted by molar-refractivity contribution is 6.35. The summed E-state index contributed by atoms with van der Waals surface area (Å²) >= 11 is 6.20. The Labute approximate surface area is 129 Å². The molecular formula is C16H11ClF3NO. The summed E-state index contributed by atoms with van der Waals surface area (Å²) in [4.78, 5) is 0. The number of hydrogen-bond donors (Lipinski definition) is 0. The number of ether oxygens (including phenoxy) is 1. The van der Waals surface area contributed by atoms with Crippen molar-refractivity contribution in [1.29, 1.82) is 0 Å². The number of fused-ring (bicyclic) bond motifs is 1. The zero-order valence-electron chi connectivity index (χ0n) is 11.3. The number of alkyl halides is 3. The maximum absolute atomic E-state index is 12.1. The van der Waals surface area contributed by atoms with Crippen LogP contribution in [0, 0.1) is 0 Å². The Morgan fingerprint density at radius 2 is 1.73 bits per heavy atom. The topological polar surface area (TPSA) is 14.2 Å². The Bertz CT molecular complexity index is 793. The van der Waals surface area contributed by atoms with Crippen molar-refractivity contribution in [2.75, 3.05) is 0 Å². The molecule has 1 heterocycles. The molecule has 0 radical (unpaired) electrons. The minimum Gasteiger partial charge on any atom is -0.406 e. The third kappa shape index (κ3) is 3.20. The van der Waals surface area contributed by atoms with Gasteiger partial charge in [-0.2, -0.15) is 0 Å². The van der Waals surface area contributed by atoms with Gasteiger partial charge in [-0.05, 0) is 29.8 Å². The second kappa shape index (κ2) is 5.57. The summed E-state index contributed by atoms with van der Waals surface area (Å²) in [6, 6.07) is 13.4. The first-order valence-corrected chi connectivity index (χ1v) is 6.88. The molecule has 0 saturated heterocycles. The van der Waals surface area contributed by atoms with Gasteiger partial charge in [0.1, 0.15) is 5.75 Å². The second-order valence-corrected chi connectivity index (χ2v) is 5.22. The average Bonchev–Trinajstić information content (AvgIpc) is 2.84. The molecule has 2 aromatic carbocycles. The molecular weight excluding hydrogens is 315 g/mol. The third-order valence-corrected chi connectivity index (χ3v) is 3.55.